The number of carbonyl (C=O) groups is 2. The molecule has 0 aromatic heterocycles. The van der Waals surface area contributed by atoms with Gasteiger partial charge in [-0.25, -0.2) is 9.18 Å². The van der Waals surface area contributed by atoms with Gasteiger partial charge in [0.1, 0.15) is 11.9 Å². The molecule has 0 aliphatic heterocycles. The van der Waals surface area contributed by atoms with Gasteiger partial charge in [-0.15, -0.1) is 0 Å². The van der Waals surface area contributed by atoms with Gasteiger partial charge in [0, 0.05) is 26.2 Å². The Kier molecular flexibility index (Phi) is 6.39. The van der Waals surface area contributed by atoms with Crippen molar-refractivity contribution in [2.75, 3.05) is 13.7 Å². The molecule has 108 valence electrons. The van der Waals surface area contributed by atoms with Crippen molar-refractivity contribution in [2.45, 2.75) is 12.5 Å². The summed E-state index contributed by atoms with van der Waals surface area (Å²) in [5.41, 5.74) is 0.644. The molecule has 0 aliphatic carbocycles. The van der Waals surface area contributed by atoms with Gasteiger partial charge >= 0.3 is 5.97 Å². The van der Waals surface area contributed by atoms with Crippen LogP contribution in [0.4, 0.5) is 4.39 Å². The van der Waals surface area contributed by atoms with Crippen LogP contribution in [0, 0.1) is 5.82 Å². The van der Waals surface area contributed by atoms with Crippen molar-refractivity contribution in [1.29, 1.82) is 0 Å². The molecule has 1 amide bonds. The number of carboxylic acid groups (broad SMARTS) is 1. The monoisotopic (exact) mass is 281 g/mol. The molecule has 6 heteroatoms. The lowest BCUT2D eigenvalue weighted by Crippen LogP contribution is -2.40. The summed E-state index contributed by atoms with van der Waals surface area (Å²) in [6.07, 6.45) is 2.86. The number of benzene rings is 1. The summed E-state index contributed by atoms with van der Waals surface area (Å²) in [5, 5.41) is 11.3. The summed E-state index contributed by atoms with van der Waals surface area (Å²) in [6.45, 7) is 0.235. The van der Waals surface area contributed by atoms with Gasteiger partial charge in [0.2, 0.25) is 5.91 Å². The highest BCUT2D eigenvalue weighted by molar-refractivity contribution is 5.94. The minimum Gasteiger partial charge on any atom is -0.480 e. The van der Waals surface area contributed by atoms with Crippen LogP contribution in [0.15, 0.2) is 30.3 Å². The molecule has 1 rings (SSSR count). The van der Waals surface area contributed by atoms with Gasteiger partial charge in [0.05, 0.1) is 0 Å². The summed E-state index contributed by atoms with van der Waals surface area (Å²) >= 11 is 0. The van der Waals surface area contributed by atoms with Gasteiger partial charge in [-0.3, -0.25) is 4.79 Å². The number of ether oxygens (including phenoxy) is 1. The van der Waals surface area contributed by atoms with E-state index in [2.05, 4.69) is 5.32 Å². The molecule has 1 aromatic rings. The number of carbonyl (C=O) groups excluding carboxylic acids is 1. The summed E-state index contributed by atoms with van der Waals surface area (Å²) in [6, 6.07) is 4.57. The van der Waals surface area contributed by atoms with Crippen LogP contribution in [-0.2, 0) is 14.3 Å². The van der Waals surface area contributed by atoms with Crippen LogP contribution < -0.4 is 5.32 Å². The SMILES string of the molecule is COCCC(NC(=O)C=Cc1ccc(F)cc1)C(=O)O. The fraction of sp³-hybridized carbons (Fsp3) is 0.286. The van der Waals surface area contributed by atoms with E-state index in [0.29, 0.717) is 5.56 Å². The number of halogens is 1. The number of rotatable bonds is 7. The zero-order valence-electron chi connectivity index (χ0n) is 11.0. The van der Waals surface area contributed by atoms with Crippen molar-refractivity contribution in [1.82, 2.24) is 5.32 Å². The lowest BCUT2D eigenvalue weighted by Gasteiger charge is -2.12. The summed E-state index contributed by atoms with van der Waals surface area (Å²) < 4.78 is 17.5. The highest BCUT2D eigenvalue weighted by Crippen LogP contribution is 2.04. The molecule has 20 heavy (non-hydrogen) atoms. The standard InChI is InChI=1S/C14H16FNO4/c1-20-9-8-12(14(18)19)16-13(17)7-4-10-2-5-11(15)6-3-10/h2-7,12H,8-9H2,1H3,(H,16,17)(H,18,19). The van der Waals surface area contributed by atoms with Crippen LogP contribution in [0.25, 0.3) is 6.08 Å². The fourth-order valence-corrected chi connectivity index (χ4v) is 1.46. The molecule has 0 saturated carbocycles. The highest BCUT2D eigenvalue weighted by atomic mass is 19.1. The van der Waals surface area contributed by atoms with E-state index in [1.165, 1.54) is 43.5 Å². The van der Waals surface area contributed by atoms with Gasteiger partial charge in [-0.2, -0.15) is 0 Å². The first-order valence-electron chi connectivity index (χ1n) is 5.99. The van der Waals surface area contributed by atoms with Gasteiger partial charge in [-0.05, 0) is 23.8 Å². The molecule has 0 bridgehead atoms. The first kappa shape index (κ1) is 15.8. The molecule has 0 spiro atoms. The van der Waals surface area contributed by atoms with Crippen LogP contribution in [0.1, 0.15) is 12.0 Å². The zero-order valence-corrected chi connectivity index (χ0v) is 11.0. The maximum absolute atomic E-state index is 12.7. The van der Waals surface area contributed by atoms with Crippen LogP contribution in [-0.4, -0.2) is 36.7 Å². The van der Waals surface area contributed by atoms with E-state index in [9.17, 15) is 14.0 Å². The van der Waals surface area contributed by atoms with E-state index < -0.39 is 17.9 Å². The Morgan fingerprint density at radius 2 is 2.05 bits per heavy atom. The zero-order chi connectivity index (χ0) is 15.0. The van der Waals surface area contributed by atoms with Crippen LogP contribution in [0.2, 0.25) is 0 Å². The molecule has 2 N–H and O–H groups in total. The van der Waals surface area contributed by atoms with Gasteiger partial charge in [-0.1, -0.05) is 12.1 Å². The number of hydrogen-bond donors (Lipinski definition) is 2. The third kappa shape index (κ3) is 5.62. The number of aliphatic carboxylic acids is 1. The summed E-state index contributed by atoms with van der Waals surface area (Å²) in [5.74, 6) is -2.01. The molecule has 1 unspecified atom stereocenters. The Balaban J connectivity index is 2.56. The minimum atomic E-state index is -1.12. The van der Waals surface area contributed by atoms with E-state index in [0.717, 1.165) is 0 Å². The molecule has 0 radical (unpaired) electrons. The van der Waals surface area contributed by atoms with Crippen LogP contribution in [0.5, 0.6) is 0 Å². The van der Waals surface area contributed by atoms with Crippen molar-refractivity contribution >= 4 is 18.0 Å². The third-order valence-electron chi connectivity index (χ3n) is 2.52. The first-order valence-corrected chi connectivity index (χ1v) is 5.99. The molecular weight excluding hydrogens is 265 g/mol. The van der Waals surface area contributed by atoms with Crippen molar-refractivity contribution in [3.8, 4) is 0 Å². The predicted octanol–water partition coefficient (Wildman–Crippen LogP) is 1.44. The van der Waals surface area contributed by atoms with E-state index in [1.54, 1.807) is 0 Å². The predicted molar refractivity (Wildman–Crippen MR) is 71.5 cm³/mol. The quantitative estimate of drug-likeness (QED) is 0.742. The molecule has 0 aliphatic rings. The van der Waals surface area contributed by atoms with Crippen molar-refractivity contribution in [2.24, 2.45) is 0 Å². The normalized spacial score (nSPS) is 12.3. The Morgan fingerprint density at radius 1 is 1.40 bits per heavy atom. The summed E-state index contributed by atoms with van der Waals surface area (Å²) in [4.78, 5) is 22.5. The number of hydrogen-bond acceptors (Lipinski definition) is 3. The van der Waals surface area contributed by atoms with E-state index in [4.69, 9.17) is 9.84 Å². The van der Waals surface area contributed by atoms with E-state index in [-0.39, 0.29) is 18.8 Å². The average Bonchev–Trinajstić information content (AvgIpc) is 2.42. The Bertz CT molecular complexity index is 484. The smallest absolute Gasteiger partial charge is 0.326 e. The van der Waals surface area contributed by atoms with E-state index >= 15 is 0 Å². The van der Waals surface area contributed by atoms with E-state index in [1.807, 2.05) is 0 Å². The lowest BCUT2D eigenvalue weighted by molar-refractivity contribution is -0.141. The van der Waals surface area contributed by atoms with Crippen molar-refractivity contribution in [3.05, 3.63) is 41.7 Å². The number of carboxylic acids is 1. The minimum absolute atomic E-state index is 0.183. The second kappa shape index (κ2) is 8.06. The molecule has 1 atom stereocenters. The maximum atomic E-state index is 12.7. The van der Waals surface area contributed by atoms with Gasteiger partial charge in [0.15, 0.2) is 0 Å². The first-order chi connectivity index (χ1) is 9.52. The van der Waals surface area contributed by atoms with Crippen molar-refractivity contribution in [3.63, 3.8) is 0 Å². The fourth-order valence-electron chi connectivity index (χ4n) is 1.46. The second-order valence-corrected chi connectivity index (χ2v) is 4.07. The second-order valence-electron chi connectivity index (χ2n) is 4.07. The van der Waals surface area contributed by atoms with Crippen LogP contribution >= 0.6 is 0 Å². The Morgan fingerprint density at radius 3 is 2.60 bits per heavy atom. The maximum Gasteiger partial charge on any atom is 0.326 e. The average molecular weight is 281 g/mol. The van der Waals surface area contributed by atoms with Crippen LogP contribution in [0.3, 0.4) is 0 Å². The third-order valence-corrected chi connectivity index (χ3v) is 2.52. The number of methoxy groups -OCH3 is 1. The van der Waals surface area contributed by atoms with Crippen molar-refractivity contribution < 1.29 is 23.8 Å². The lowest BCUT2D eigenvalue weighted by atomic mass is 10.2. The molecule has 0 saturated heterocycles. The molecule has 5 nitrogen and oxygen atoms in total. The Labute approximate surface area is 116 Å². The summed E-state index contributed by atoms with van der Waals surface area (Å²) in [7, 11) is 1.45. The molecule has 0 fully saturated rings. The largest absolute Gasteiger partial charge is 0.480 e. The molecular formula is C14H16FNO4. The van der Waals surface area contributed by atoms with Gasteiger partial charge in [0.25, 0.3) is 0 Å². The topological polar surface area (TPSA) is 75.6 Å². The molecule has 0 heterocycles. The number of nitrogens with one attached hydrogen (secondary N) is 1. The highest BCUT2D eigenvalue weighted by Gasteiger charge is 2.18. The van der Waals surface area contributed by atoms with Gasteiger partial charge < -0.3 is 15.2 Å². The Hall–Kier alpha value is -2.21. The number of amides is 1. The molecule has 1 aromatic carbocycles.